The summed E-state index contributed by atoms with van der Waals surface area (Å²) >= 11 is 1.38. The normalized spacial score (nSPS) is 14.9. The molecule has 1 aromatic carbocycles. The highest BCUT2D eigenvalue weighted by molar-refractivity contribution is 7.12. The van der Waals surface area contributed by atoms with E-state index in [1.807, 2.05) is 11.4 Å². The van der Waals surface area contributed by atoms with Crippen molar-refractivity contribution in [2.75, 3.05) is 44.7 Å². The van der Waals surface area contributed by atoms with Crippen LogP contribution in [0.15, 0.2) is 41.8 Å². The van der Waals surface area contributed by atoms with Crippen molar-refractivity contribution in [1.82, 2.24) is 10.2 Å². The van der Waals surface area contributed by atoms with Gasteiger partial charge in [-0.15, -0.1) is 11.3 Å². The molecular weight excluding hydrogens is 338 g/mol. The molecule has 3 rings (SSSR count). The third kappa shape index (κ3) is 5.12. The van der Waals surface area contributed by atoms with E-state index < -0.39 is 0 Å². The Hall–Kier alpha value is -2.22. The minimum Gasteiger partial charge on any atom is -0.379 e. The largest absolute Gasteiger partial charge is 0.379 e. The van der Waals surface area contributed by atoms with Crippen LogP contribution in [0.1, 0.15) is 20.0 Å². The summed E-state index contributed by atoms with van der Waals surface area (Å²) < 4.78 is 5.31. The Bertz CT molecular complexity index is 712. The second kappa shape index (κ2) is 8.75. The van der Waals surface area contributed by atoms with Crippen molar-refractivity contribution >= 4 is 28.8 Å². The van der Waals surface area contributed by atoms with E-state index in [0.29, 0.717) is 22.7 Å². The number of hydrogen-bond acceptors (Lipinski definition) is 5. The standard InChI is InChI=1S/C18H21N3O3S/c22-17(19-6-7-21-8-10-24-11-9-21)14-3-1-4-15(13-14)20-18(23)16-5-2-12-25-16/h1-5,12-13H,6-11H2,(H,19,22)(H,20,23). The molecule has 132 valence electrons. The molecule has 0 unspecified atom stereocenters. The Morgan fingerprint density at radius 2 is 1.96 bits per heavy atom. The van der Waals surface area contributed by atoms with Crippen LogP contribution in [0.2, 0.25) is 0 Å². The van der Waals surface area contributed by atoms with E-state index in [-0.39, 0.29) is 11.8 Å². The summed E-state index contributed by atoms with van der Waals surface area (Å²) in [6.07, 6.45) is 0. The van der Waals surface area contributed by atoms with Crippen molar-refractivity contribution in [3.05, 3.63) is 52.2 Å². The number of rotatable bonds is 6. The lowest BCUT2D eigenvalue weighted by atomic mass is 10.2. The Morgan fingerprint density at radius 3 is 2.72 bits per heavy atom. The first kappa shape index (κ1) is 17.6. The molecule has 0 spiro atoms. The monoisotopic (exact) mass is 359 g/mol. The first-order valence-electron chi connectivity index (χ1n) is 8.25. The first-order chi connectivity index (χ1) is 12.2. The van der Waals surface area contributed by atoms with Gasteiger partial charge >= 0.3 is 0 Å². The van der Waals surface area contributed by atoms with Gasteiger partial charge in [0.15, 0.2) is 0 Å². The molecule has 0 bridgehead atoms. The van der Waals surface area contributed by atoms with Crippen LogP contribution in [0.4, 0.5) is 5.69 Å². The molecule has 0 saturated carbocycles. The van der Waals surface area contributed by atoms with Gasteiger partial charge in [-0.25, -0.2) is 0 Å². The van der Waals surface area contributed by atoms with E-state index in [1.165, 1.54) is 11.3 Å². The number of hydrogen-bond donors (Lipinski definition) is 2. The Kier molecular flexibility index (Phi) is 6.16. The number of benzene rings is 1. The lowest BCUT2D eigenvalue weighted by Gasteiger charge is -2.26. The summed E-state index contributed by atoms with van der Waals surface area (Å²) in [7, 11) is 0. The number of carbonyl (C=O) groups is 2. The summed E-state index contributed by atoms with van der Waals surface area (Å²) in [6.45, 7) is 4.70. The predicted molar refractivity (Wildman–Crippen MR) is 98.3 cm³/mol. The third-order valence-electron chi connectivity index (χ3n) is 3.94. The molecule has 1 saturated heterocycles. The molecule has 1 aromatic heterocycles. The lowest BCUT2D eigenvalue weighted by Crippen LogP contribution is -2.41. The fraction of sp³-hybridized carbons (Fsp3) is 0.333. The molecule has 1 aliphatic heterocycles. The van der Waals surface area contributed by atoms with Crippen molar-refractivity contribution in [2.24, 2.45) is 0 Å². The molecule has 2 N–H and O–H groups in total. The van der Waals surface area contributed by atoms with Gasteiger partial charge in [0.25, 0.3) is 11.8 Å². The summed E-state index contributed by atoms with van der Waals surface area (Å²) in [4.78, 5) is 27.3. The number of carbonyl (C=O) groups excluding carboxylic acids is 2. The number of thiophene rings is 1. The van der Waals surface area contributed by atoms with E-state index in [1.54, 1.807) is 30.3 Å². The van der Waals surface area contributed by atoms with Crippen molar-refractivity contribution in [3.8, 4) is 0 Å². The first-order valence-corrected chi connectivity index (χ1v) is 9.13. The number of ether oxygens (including phenoxy) is 1. The van der Waals surface area contributed by atoms with Crippen molar-refractivity contribution in [3.63, 3.8) is 0 Å². The molecule has 7 heteroatoms. The van der Waals surface area contributed by atoms with Gasteiger partial charge in [-0.05, 0) is 29.6 Å². The quantitative estimate of drug-likeness (QED) is 0.828. The molecule has 2 heterocycles. The number of nitrogens with one attached hydrogen (secondary N) is 2. The maximum atomic E-state index is 12.3. The average Bonchev–Trinajstić information content (AvgIpc) is 3.18. The van der Waals surface area contributed by atoms with Crippen LogP contribution in [0.3, 0.4) is 0 Å². The van der Waals surface area contributed by atoms with Gasteiger partial charge in [-0.3, -0.25) is 14.5 Å². The van der Waals surface area contributed by atoms with Crippen molar-refractivity contribution in [1.29, 1.82) is 0 Å². The van der Waals surface area contributed by atoms with Crippen LogP contribution in [-0.2, 0) is 4.74 Å². The van der Waals surface area contributed by atoms with Crippen molar-refractivity contribution in [2.45, 2.75) is 0 Å². The zero-order valence-corrected chi connectivity index (χ0v) is 14.7. The summed E-state index contributed by atoms with van der Waals surface area (Å²) in [5.74, 6) is -0.305. The van der Waals surface area contributed by atoms with Gasteiger partial charge in [0.2, 0.25) is 0 Å². The second-order valence-corrected chi connectivity index (χ2v) is 6.67. The van der Waals surface area contributed by atoms with Crippen LogP contribution >= 0.6 is 11.3 Å². The van der Waals surface area contributed by atoms with E-state index >= 15 is 0 Å². The Balaban J connectivity index is 1.51. The van der Waals surface area contributed by atoms with E-state index in [2.05, 4.69) is 15.5 Å². The topological polar surface area (TPSA) is 70.7 Å². The minimum absolute atomic E-state index is 0.138. The molecule has 1 fully saturated rings. The molecule has 2 aromatic rings. The Morgan fingerprint density at radius 1 is 1.12 bits per heavy atom. The van der Waals surface area contributed by atoms with Gasteiger partial charge in [0, 0.05) is 37.4 Å². The molecule has 0 atom stereocenters. The van der Waals surface area contributed by atoms with E-state index in [4.69, 9.17) is 4.74 Å². The van der Waals surface area contributed by atoms with Crippen LogP contribution in [0.25, 0.3) is 0 Å². The highest BCUT2D eigenvalue weighted by Crippen LogP contribution is 2.15. The van der Waals surface area contributed by atoms with Gasteiger partial charge in [-0.1, -0.05) is 12.1 Å². The Labute approximate surface area is 150 Å². The summed E-state index contributed by atoms with van der Waals surface area (Å²) in [5.41, 5.74) is 1.14. The number of anilines is 1. The molecule has 6 nitrogen and oxygen atoms in total. The summed E-state index contributed by atoms with van der Waals surface area (Å²) in [5, 5.41) is 7.59. The number of morpholine rings is 1. The van der Waals surface area contributed by atoms with Gasteiger partial charge in [-0.2, -0.15) is 0 Å². The van der Waals surface area contributed by atoms with Crippen LogP contribution in [-0.4, -0.2) is 56.1 Å². The molecule has 0 aliphatic carbocycles. The molecule has 1 aliphatic rings. The summed E-state index contributed by atoms with van der Waals surface area (Å²) in [6, 6.07) is 10.6. The van der Waals surface area contributed by atoms with Gasteiger partial charge in [0.1, 0.15) is 0 Å². The maximum Gasteiger partial charge on any atom is 0.265 e. The third-order valence-corrected chi connectivity index (χ3v) is 4.81. The van der Waals surface area contributed by atoms with Crippen LogP contribution in [0, 0.1) is 0 Å². The molecule has 2 amide bonds. The number of amides is 2. The minimum atomic E-state index is -0.167. The van der Waals surface area contributed by atoms with E-state index in [0.717, 1.165) is 32.8 Å². The smallest absolute Gasteiger partial charge is 0.265 e. The fourth-order valence-corrected chi connectivity index (χ4v) is 3.21. The van der Waals surface area contributed by atoms with Crippen molar-refractivity contribution < 1.29 is 14.3 Å². The number of nitrogens with zero attached hydrogens (tertiary/aromatic N) is 1. The SMILES string of the molecule is O=C(NCCN1CCOCC1)c1cccc(NC(=O)c2cccs2)c1. The van der Waals surface area contributed by atoms with Gasteiger partial charge < -0.3 is 15.4 Å². The van der Waals surface area contributed by atoms with E-state index in [9.17, 15) is 9.59 Å². The maximum absolute atomic E-state index is 12.3. The predicted octanol–water partition coefficient (Wildman–Crippen LogP) is 2.06. The highest BCUT2D eigenvalue weighted by Gasteiger charge is 2.12. The zero-order chi connectivity index (χ0) is 17.5. The molecule has 0 radical (unpaired) electrons. The fourth-order valence-electron chi connectivity index (χ4n) is 2.59. The van der Waals surface area contributed by atoms with Crippen LogP contribution < -0.4 is 10.6 Å². The highest BCUT2D eigenvalue weighted by atomic mass is 32.1. The van der Waals surface area contributed by atoms with Gasteiger partial charge in [0.05, 0.1) is 18.1 Å². The average molecular weight is 359 g/mol. The molecular formula is C18H21N3O3S. The zero-order valence-electron chi connectivity index (χ0n) is 13.9. The molecule has 25 heavy (non-hydrogen) atoms. The lowest BCUT2D eigenvalue weighted by molar-refractivity contribution is 0.0383. The second-order valence-electron chi connectivity index (χ2n) is 5.72. The van der Waals surface area contributed by atoms with Crippen LogP contribution in [0.5, 0.6) is 0 Å².